The van der Waals surface area contributed by atoms with Crippen LogP contribution in [0.15, 0.2) is 0 Å². The summed E-state index contributed by atoms with van der Waals surface area (Å²) in [5, 5.41) is 0. The fourth-order valence-electron chi connectivity index (χ4n) is 2.25. The number of amides is 1. The Morgan fingerprint density at radius 2 is 2.36 bits per heavy atom. The van der Waals surface area contributed by atoms with Crippen molar-refractivity contribution < 1.29 is 4.79 Å². The number of hydrogen-bond acceptors (Lipinski definition) is 3. The fraction of sp³-hybridized carbons (Fsp3) is 0.900. The molecule has 4 nitrogen and oxygen atoms in total. The van der Waals surface area contributed by atoms with Crippen molar-refractivity contribution in [3.8, 4) is 0 Å². The molecule has 1 saturated heterocycles. The average Bonchev–Trinajstić information content (AvgIpc) is 2.21. The Labute approximate surface area is 85.8 Å². The second kappa shape index (κ2) is 5.32. The summed E-state index contributed by atoms with van der Waals surface area (Å²) >= 11 is 0. The molecule has 0 unspecified atom stereocenters. The highest BCUT2D eigenvalue weighted by molar-refractivity contribution is 5.81. The van der Waals surface area contributed by atoms with Crippen LogP contribution < -0.4 is 11.3 Å². The van der Waals surface area contributed by atoms with E-state index in [0.717, 1.165) is 13.0 Å². The monoisotopic (exact) mass is 199 g/mol. The van der Waals surface area contributed by atoms with Crippen LogP contribution in [-0.4, -0.2) is 29.4 Å². The molecule has 1 rings (SSSR count). The van der Waals surface area contributed by atoms with Gasteiger partial charge in [0.05, 0.1) is 6.04 Å². The highest BCUT2D eigenvalue weighted by Crippen LogP contribution is 2.20. The third-order valence-corrected chi connectivity index (χ3v) is 3.09. The van der Waals surface area contributed by atoms with Gasteiger partial charge in [0, 0.05) is 6.04 Å². The van der Waals surface area contributed by atoms with Gasteiger partial charge in [-0.25, -0.2) is 5.84 Å². The molecular formula is C10H21N3O. The summed E-state index contributed by atoms with van der Waals surface area (Å²) in [6.45, 7) is 5.24. The zero-order valence-corrected chi connectivity index (χ0v) is 9.12. The molecule has 0 aliphatic carbocycles. The molecule has 0 aromatic heterocycles. The van der Waals surface area contributed by atoms with Gasteiger partial charge in [-0.05, 0) is 32.7 Å². The minimum Gasteiger partial charge on any atom is -0.293 e. The third kappa shape index (κ3) is 2.45. The average molecular weight is 199 g/mol. The number of hydrazine groups is 1. The van der Waals surface area contributed by atoms with Crippen LogP contribution in [0.2, 0.25) is 0 Å². The van der Waals surface area contributed by atoms with Gasteiger partial charge in [0.2, 0.25) is 0 Å². The molecule has 3 N–H and O–H groups in total. The van der Waals surface area contributed by atoms with E-state index in [1.165, 1.54) is 19.3 Å². The Hall–Kier alpha value is -0.610. The molecule has 0 radical (unpaired) electrons. The predicted octanol–water partition coefficient (Wildman–Crippen LogP) is 0.629. The lowest BCUT2D eigenvalue weighted by Gasteiger charge is -2.38. The van der Waals surface area contributed by atoms with E-state index < -0.39 is 0 Å². The molecule has 2 atom stereocenters. The largest absolute Gasteiger partial charge is 0.293 e. The maximum Gasteiger partial charge on any atom is 0.251 e. The van der Waals surface area contributed by atoms with Crippen molar-refractivity contribution in [1.29, 1.82) is 0 Å². The first-order chi connectivity index (χ1) is 6.70. The molecule has 1 heterocycles. The Kier molecular flexibility index (Phi) is 4.35. The molecule has 14 heavy (non-hydrogen) atoms. The number of carbonyl (C=O) groups excluding carboxylic acids is 1. The van der Waals surface area contributed by atoms with Crippen LogP contribution in [0, 0.1) is 0 Å². The molecule has 1 aliphatic rings. The van der Waals surface area contributed by atoms with Gasteiger partial charge in [-0.15, -0.1) is 0 Å². The van der Waals surface area contributed by atoms with Crippen molar-refractivity contribution in [2.75, 3.05) is 6.54 Å². The maximum atomic E-state index is 11.5. The first-order valence-corrected chi connectivity index (χ1v) is 5.47. The second-order valence-electron chi connectivity index (χ2n) is 4.02. The van der Waals surface area contributed by atoms with Gasteiger partial charge in [0.1, 0.15) is 0 Å². The number of piperidine rings is 1. The Morgan fingerprint density at radius 1 is 1.64 bits per heavy atom. The van der Waals surface area contributed by atoms with Crippen molar-refractivity contribution in [2.24, 2.45) is 5.84 Å². The molecule has 0 bridgehead atoms. The van der Waals surface area contributed by atoms with Gasteiger partial charge in [-0.2, -0.15) is 0 Å². The summed E-state index contributed by atoms with van der Waals surface area (Å²) in [4.78, 5) is 13.8. The lowest BCUT2D eigenvalue weighted by Crippen LogP contribution is -2.53. The summed E-state index contributed by atoms with van der Waals surface area (Å²) in [5.41, 5.74) is 2.25. The maximum absolute atomic E-state index is 11.5. The summed E-state index contributed by atoms with van der Waals surface area (Å²) in [6, 6.07) is 0.460. The van der Waals surface area contributed by atoms with Crippen LogP contribution in [0.5, 0.6) is 0 Å². The Balaban J connectivity index is 2.61. The van der Waals surface area contributed by atoms with Crippen LogP contribution in [0.25, 0.3) is 0 Å². The molecule has 1 fully saturated rings. The lowest BCUT2D eigenvalue weighted by molar-refractivity contribution is -0.128. The van der Waals surface area contributed by atoms with Crippen molar-refractivity contribution in [2.45, 2.75) is 51.6 Å². The first-order valence-electron chi connectivity index (χ1n) is 5.47. The zero-order chi connectivity index (χ0) is 10.6. The van der Waals surface area contributed by atoms with E-state index in [9.17, 15) is 4.79 Å². The van der Waals surface area contributed by atoms with Crippen molar-refractivity contribution in [1.82, 2.24) is 10.3 Å². The molecule has 0 aromatic carbocycles. The summed E-state index contributed by atoms with van der Waals surface area (Å²) in [6.07, 6.45) is 4.48. The van der Waals surface area contributed by atoms with Crippen molar-refractivity contribution >= 4 is 5.91 Å². The number of nitrogens with zero attached hydrogens (tertiary/aromatic N) is 1. The SMILES string of the molecule is CC[C@H](C(=O)NN)N1CCCC[C@H]1C. The van der Waals surface area contributed by atoms with E-state index in [0.29, 0.717) is 6.04 Å². The Bertz CT molecular complexity index is 196. The van der Waals surface area contributed by atoms with Crippen LogP contribution in [0.1, 0.15) is 39.5 Å². The molecular weight excluding hydrogens is 178 g/mol. The highest BCUT2D eigenvalue weighted by atomic mass is 16.2. The normalized spacial score (nSPS) is 25.8. The van der Waals surface area contributed by atoms with E-state index in [2.05, 4.69) is 17.2 Å². The molecule has 1 aliphatic heterocycles. The molecule has 0 saturated carbocycles. The summed E-state index contributed by atoms with van der Waals surface area (Å²) in [5.74, 6) is 5.12. The number of carbonyl (C=O) groups is 1. The minimum absolute atomic E-state index is 0.0460. The lowest BCUT2D eigenvalue weighted by atomic mass is 10.00. The highest BCUT2D eigenvalue weighted by Gasteiger charge is 2.29. The first kappa shape index (κ1) is 11.5. The van der Waals surface area contributed by atoms with E-state index in [-0.39, 0.29) is 11.9 Å². The third-order valence-electron chi connectivity index (χ3n) is 3.09. The van der Waals surface area contributed by atoms with Gasteiger partial charge in [-0.1, -0.05) is 13.3 Å². The minimum atomic E-state index is -0.0544. The van der Waals surface area contributed by atoms with Crippen LogP contribution in [-0.2, 0) is 4.79 Å². The quantitative estimate of drug-likeness (QED) is 0.398. The van der Waals surface area contributed by atoms with Crippen LogP contribution in [0.3, 0.4) is 0 Å². The topological polar surface area (TPSA) is 58.4 Å². The van der Waals surface area contributed by atoms with Gasteiger partial charge in [-0.3, -0.25) is 15.1 Å². The van der Waals surface area contributed by atoms with E-state index in [4.69, 9.17) is 5.84 Å². The van der Waals surface area contributed by atoms with Gasteiger partial charge < -0.3 is 0 Å². The van der Waals surface area contributed by atoms with Crippen LogP contribution in [0.4, 0.5) is 0 Å². The molecule has 0 spiro atoms. The predicted molar refractivity (Wildman–Crippen MR) is 56.4 cm³/mol. The van der Waals surface area contributed by atoms with E-state index in [1.54, 1.807) is 0 Å². The molecule has 82 valence electrons. The zero-order valence-electron chi connectivity index (χ0n) is 9.12. The summed E-state index contributed by atoms with van der Waals surface area (Å²) < 4.78 is 0. The number of likely N-dealkylation sites (tertiary alicyclic amines) is 1. The summed E-state index contributed by atoms with van der Waals surface area (Å²) in [7, 11) is 0. The molecule has 0 aromatic rings. The number of nitrogens with one attached hydrogen (secondary N) is 1. The van der Waals surface area contributed by atoms with Crippen molar-refractivity contribution in [3.05, 3.63) is 0 Å². The van der Waals surface area contributed by atoms with Crippen molar-refractivity contribution in [3.63, 3.8) is 0 Å². The van der Waals surface area contributed by atoms with E-state index >= 15 is 0 Å². The van der Waals surface area contributed by atoms with Crippen LogP contribution >= 0.6 is 0 Å². The number of hydrogen-bond donors (Lipinski definition) is 2. The van der Waals surface area contributed by atoms with Gasteiger partial charge in [0.15, 0.2) is 0 Å². The number of nitrogens with two attached hydrogens (primary N) is 1. The smallest absolute Gasteiger partial charge is 0.251 e. The molecule has 4 heteroatoms. The fourth-order valence-corrected chi connectivity index (χ4v) is 2.25. The van der Waals surface area contributed by atoms with E-state index in [1.807, 2.05) is 6.92 Å². The Morgan fingerprint density at radius 3 is 2.86 bits per heavy atom. The number of rotatable bonds is 3. The standard InChI is InChI=1S/C10H21N3O/c1-3-9(10(14)12-11)13-7-5-4-6-8(13)2/h8-9H,3-7,11H2,1-2H3,(H,12,14)/t8-,9-/m1/s1. The molecule has 1 amide bonds. The van der Waals surface area contributed by atoms with Gasteiger partial charge in [0.25, 0.3) is 5.91 Å². The van der Waals surface area contributed by atoms with Gasteiger partial charge >= 0.3 is 0 Å². The second-order valence-corrected chi connectivity index (χ2v) is 4.02.